The Hall–Kier alpha value is -3.62. The van der Waals surface area contributed by atoms with Crippen LogP contribution in [0.25, 0.3) is 0 Å². The van der Waals surface area contributed by atoms with Crippen molar-refractivity contribution < 1.29 is 43.2 Å². The summed E-state index contributed by atoms with van der Waals surface area (Å²) in [5.41, 5.74) is -0.621. The second-order valence-electron chi connectivity index (χ2n) is 13.6. The average molecular weight is 697 g/mol. The summed E-state index contributed by atoms with van der Waals surface area (Å²) in [6.07, 6.45) is 3.29. The van der Waals surface area contributed by atoms with Crippen LogP contribution in [-0.2, 0) is 38.1 Å². The fourth-order valence-electron chi connectivity index (χ4n) is 8.03. The molecule has 0 unspecified atom stereocenters. The summed E-state index contributed by atoms with van der Waals surface area (Å²) in [6.45, 7) is 13.0. The highest BCUT2D eigenvalue weighted by atomic mass is 16.6. The third-order valence-electron chi connectivity index (χ3n) is 10.4. The van der Waals surface area contributed by atoms with Crippen molar-refractivity contribution >= 4 is 23.7 Å². The Morgan fingerprint density at radius 2 is 1.92 bits per heavy atom. The number of nitrogens with one attached hydrogen (secondary N) is 1. The molecule has 274 valence electrons. The number of morpholine rings is 1. The Morgan fingerprint density at radius 3 is 2.58 bits per heavy atom. The fraction of sp³-hybridized carbons (Fsp3) is 0.622. The van der Waals surface area contributed by atoms with E-state index in [-0.39, 0.29) is 38.0 Å². The number of allylic oxidation sites excluding steroid dienone is 1. The van der Waals surface area contributed by atoms with E-state index in [0.29, 0.717) is 51.1 Å². The van der Waals surface area contributed by atoms with E-state index in [9.17, 15) is 24.3 Å². The lowest BCUT2D eigenvalue weighted by molar-refractivity contribution is -0.163. The summed E-state index contributed by atoms with van der Waals surface area (Å²) in [6, 6.07) is 6.62. The van der Waals surface area contributed by atoms with Gasteiger partial charge in [0.05, 0.1) is 56.5 Å². The topological polar surface area (TPSA) is 147 Å². The SMILES string of the molecule is C=CCCC(=O)N[C@@H](COC)[C@@H](OC(=O)[C@@H]1[C@H]2C(=O)N([C@H](C)CO)[C@H](C(=O)N(CC=C)CCN3CCOCC3)[C@]23CC[C@H]1O3)c1ccccc1. The van der Waals surface area contributed by atoms with Gasteiger partial charge in [-0.2, -0.15) is 0 Å². The molecule has 8 atom stereocenters. The molecule has 5 rings (SSSR count). The molecule has 4 fully saturated rings. The minimum absolute atomic E-state index is 0.0610. The van der Waals surface area contributed by atoms with Crippen LogP contribution in [0.5, 0.6) is 0 Å². The Morgan fingerprint density at radius 1 is 1.18 bits per heavy atom. The highest BCUT2D eigenvalue weighted by Gasteiger charge is 2.75. The van der Waals surface area contributed by atoms with Crippen LogP contribution in [0.15, 0.2) is 55.6 Å². The molecule has 13 nitrogen and oxygen atoms in total. The molecule has 2 N–H and O–H groups in total. The van der Waals surface area contributed by atoms with Crippen LogP contribution in [-0.4, -0.2) is 140 Å². The molecular weight excluding hydrogens is 644 g/mol. The molecule has 4 saturated heterocycles. The zero-order valence-corrected chi connectivity index (χ0v) is 29.2. The van der Waals surface area contributed by atoms with Gasteiger partial charge in [0, 0.05) is 46.3 Å². The first-order valence-corrected chi connectivity index (χ1v) is 17.7. The molecule has 1 spiro atoms. The molecule has 0 aliphatic carbocycles. The van der Waals surface area contributed by atoms with Gasteiger partial charge in [-0.1, -0.05) is 42.5 Å². The quantitative estimate of drug-likeness (QED) is 0.171. The maximum Gasteiger partial charge on any atom is 0.313 e. The molecule has 50 heavy (non-hydrogen) atoms. The number of aliphatic hydroxyl groups excluding tert-OH is 1. The van der Waals surface area contributed by atoms with Crippen molar-refractivity contribution in [1.29, 1.82) is 0 Å². The number of fused-ring (bicyclic) bond motifs is 1. The van der Waals surface area contributed by atoms with E-state index >= 15 is 0 Å². The number of esters is 1. The zero-order chi connectivity index (χ0) is 35.8. The average Bonchev–Trinajstić information content (AvgIpc) is 3.78. The number of likely N-dealkylation sites (tertiary alicyclic amines) is 1. The zero-order valence-electron chi connectivity index (χ0n) is 29.2. The first-order chi connectivity index (χ1) is 24.2. The summed E-state index contributed by atoms with van der Waals surface area (Å²) < 4.78 is 23.8. The summed E-state index contributed by atoms with van der Waals surface area (Å²) in [7, 11) is 1.50. The molecule has 4 aliphatic rings. The minimum Gasteiger partial charge on any atom is -0.455 e. The van der Waals surface area contributed by atoms with Gasteiger partial charge in [-0.3, -0.25) is 24.1 Å². The summed E-state index contributed by atoms with van der Waals surface area (Å²) in [4.78, 5) is 61.6. The number of hydrogen-bond acceptors (Lipinski definition) is 10. The van der Waals surface area contributed by atoms with E-state index in [1.807, 2.05) is 18.2 Å². The van der Waals surface area contributed by atoms with E-state index < -0.39 is 59.6 Å². The van der Waals surface area contributed by atoms with Crippen LogP contribution in [0.4, 0.5) is 0 Å². The smallest absolute Gasteiger partial charge is 0.313 e. The molecule has 13 heteroatoms. The molecule has 0 saturated carbocycles. The Labute approximate surface area is 294 Å². The van der Waals surface area contributed by atoms with Crippen molar-refractivity contribution in [3.63, 3.8) is 0 Å². The summed E-state index contributed by atoms with van der Waals surface area (Å²) in [5, 5.41) is 13.2. The van der Waals surface area contributed by atoms with E-state index in [1.165, 1.54) is 12.0 Å². The van der Waals surface area contributed by atoms with Crippen LogP contribution in [0.2, 0.25) is 0 Å². The van der Waals surface area contributed by atoms with E-state index in [0.717, 1.165) is 13.1 Å². The lowest BCUT2D eigenvalue weighted by Gasteiger charge is -2.39. The van der Waals surface area contributed by atoms with E-state index in [4.69, 9.17) is 18.9 Å². The second kappa shape index (κ2) is 17.1. The first kappa shape index (κ1) is 37.6. The molecular formula is C37H52N4O9. The fourth-order valence-corrected chi connectivity index (χ4v) is 8.03. The normalized spacial score (nSPS) is 27.7. The lowest BCUT2D eigenvalue weighted by Crippen LogP contribution is -2.59. The van der Waals surface area contributed by atoms with Gasteiger partial charge in [-0.05, 0) is 31.7 Å². The lowest BCUT2D eigenvalue weighted by atomic mass is 9.70. The summed E-state index contributed by atoms with van der Waals surface area (Å²) >= 11 is 0. The molecule has 2 bridgehead atoms. The van der Waals surface area contributed by atoms with Gasteiger partial charge in [-0.15, -0.1) is 13.2 Å². The third kappa shape index (κ3) is 7.67. The third-order valence-corrected chi connectivity index (χ3v) is 10.4. The summed E-state index contributed by atoms with van der Waals surface area (Å²) in [5.74, 6) is -3.58. The predicted octanol–water partition coefficient (Wildman–Crippen LogP) is 1.47. The molecule has 1 aromatic carbocycles. The Bertz CT molecular complexity index is 1370. The van der Waals surface area contributed by atoms with Gasteiger partial charge >= 0.3 is 5.97 Å². The van der Waals surface area contributed by atoms with Crippen molar-refractivity contribution in [3.8, 4) is 0 Å². The van der Waals surface area contributed by atoms with Crippen LogP contribution in [0.3, 0.4) is 0 Å². The monoisotopic (exact) mass is 696 g/mol. The number of aliphatic hydroxyl groups is 1. The van der Waals surface area contributed by atoms with Crippen LogP contribution < -0.4 is 5.32 Å². The molecule has 1 aromatic rings. The van der Waals surface area contributed by atoms with Gasteiger partial charge < -0.3 is 39.2 Å². The van der Waals surface area contributed by atoms with Gasteiger partial charge in [0.2, 0.25) is 17.7 Å². The highest BCUT2D eigenvalue weighted by Crippen LogP contribution is 2.59. The largest absolute Gasteiger partial charge is 0.455 e. The number of carbonyl (C=O) groups is 4. The van der Waals surface area contributed by atoms with E-state index in [2.05, 4.69) is 23.4 Å². The number of amides is 3. The number of ether oxygens (including phenoxy) is 4. The maximum atomic E-state index is 14.6. The number of carbonyl (C=O) groups excluding carboxylic acids is 4. The standard InChI is InChI=1S/C37H52N4O9/c1-5-7-13-29(43)38-27(24-47-4)32(26-11-9-8-10-12-26)49-36(46)30-28-14-15-37(50-28)31(30)34(44)41(25(3)23-42)33(37)35(45)40(16-6-2)18-17-39-19-21-48-22-20-39/h5-6,8-12,25,27-28,30-33,42H,1-2,7,13-24H2,3-4H3,(H,38,43)/t25-,27+,28-,30+,31+,32+,33-,37+/m1/s1. The molecule has 4 heterocycles. The minimum atomic E-state index is -1.27. The second-order valence-corrected chi connectivity index (χ2v) is 13.6. The van der Waals surface area contributed by atoms with Crippen molar-refractivity contribution in [2.24, 2.45) is 11.8 Å². The van der Waals surface area contributed by atoms with Crippen LogP contribution in [0, 0.1) is 11.8 Å². The number of benzene rings is 1. The molecule has 4 aliphatic heterocycles. The molecule has 0 aromatic heterocycles. The Kier molecular flexibility index (Phi) is 12.8. The van der Waals surface area contributed by atoms with Gasteiger partial charge in [0.1, 0.15) is 17.7 Å². The van der Waals surface area contributed by atoms with Crippen molar-refractivity contribution in [1.82, 2.24) is 20.0 Å². The van der Waals surface area contributed by atoms with Gasteiger partial charge in [-0.25, -0.2) is 0 Å². The molecule has 0 radical (unpaired) electrons. The van der Waals surface area contributed by atoms with E-state index in [1.54, 1.807) is 36.1 Å². The Balaban J connectivity index is 1.43. The van der Waals surface area contributed by atoms with Gasteiger partial charge in [0.15, 0.2) is 0 Å². The maximum absolute atomic E-state index is 14.6. The number of nitrogens with zero attached hydrogens (tertiary/aromatic N) is 3. The first-order valence-electron chi connectivity index (χ1n) is 17.7. The van der Waals surface area contributed by atoms with Crippen molar-refractivity contribution in [3.05, 3.63) is 61.2 Å². The van der Waals surface area contributed by atoms with Gasteiger partial charge in [0.25, 0.3) is 0 Å². The number of rotatable bonds is 18. The molecule has 3 amide bonds. The highest BCUT2D eigenvalue weighted by molar-refractivity contribution is 5.98. The number of methoxy groups -OCH3 is 1. The predicted molar refractivity (Wildman–Crippen MR) is 184 cm³/mol. The van der Waals surface area contributed by atoms with Crippen molar-refractivity contribution in [2.45, 2.75) is 68.5 Å². The van der Waals surface area contributed by atoms with Crippen LogP contribution in [0.1, 0.15) is 44.3 Å². The van der Waals surface area contributed by atoms with Crippen molar-refractivity contribution in [2.75, 3.05) is 66.3 Å². The number of hydrogen-bond donors (Lipinski definition) is 2. The van der Waals surface area contributed by atoms with Crippen LogP contribution >= 0.6 is 0 Å².